The lowest BCUT2D eigenvalue weighted by atomic mass is 9.77. The minimum Gasteiger partial charge on any atom is -0.459 e. The van der Waals surface area contributed by atoms with Gasteiger partial charge in [0, 0.05) is 50.2 Å². The normalized spacial score (nSPS) is 44.2. The first kappa shape index (κ1) is 53.8. The van der Waals surface area contributed by atoms with E-state index in [1.54, 1.807) is 34.6 Å². The summed E-state index contributed by atoms with van der Waals surface area (Å²) in [6.45, 7) is 24.5. The van der Waals surface area contributed by atoms with Crippen LogP contribution in [0.5, 0.6) is 0 Å². The maximum atomic E-state index is 14.6. The Balaban J connectivity index is 2.18. The van der Waals surface area contributed by atoms with Crippen molar-refractivity contribution in [3.63, 3.8) is 0 Å². The van der Waals surface area contributed by atoms with Crippen LogP contribution in [0.15, 0.2) is 0 Å². The molecule has 18 atom stereocenters. The largest absolute Gasteiger partial charge is 0.459 e. The molecule has 0 radical (unpaired) electrons. The quantitative estimate of drug-likeness (QED) is 0.190. The molecule has 358 valence electrons. The third kappa shape index (κ3) is 13.7. The van der Waals surface area contributed by atoms with Gasteiger partial charge in [-0.1, -0.05) is 20.8 Å². The average Bonchev–Trinajstić information content (AvgIpc) is 3.14. The summed E-state index contributed by atoms with van der Waals surface area (Å²) in [7, 11) is 7.14. The molecular formula is C45H85N3O13. The topological polar surface area (TPSA) is 198 Å². The molecule has 3 heterocycles. The minimum atomic E-state index is -1.85. The number of carbonyl (C=O) groups is 2. The second-order valence-corrected chi connectivity index (χ2v) is 20.6. The van der Waals surface area contributed by atoms with Gasteiger partial charge in [0.15, 0.2) is 12.6 Å². The molecule has 3 saturated heterocycles. The van der Waals surface area contributed by atoms with Gasteiger partial charge in [-0.05, 0) is 116 Å². The Bertz CT molecular complexity index is 1400. The van der Waals surface area contributed by atoms with Crippen LogP contribution in [0.3, 0.4) is 0 Å². The van der Waals surface area contributed by atoms with Gasteiger partial charge in [0.2, 0.25) is 0 Å². The Hall–Kier alpha value is -1.54. The smallest absolute Gasteiger partial charge is 0.311 e. The van der Waals surface area contributed by atoms with E-state index in [0.717, 1.165) is 0 Å². The molecule has 3 fully saturated rings. The molecule has 0 unspecified atom stereocenters. The van der Waals surface area contributed by atoms with Gasteiger partial charge in [-0.15, -0.1) is 0 Å². The van der Waals surface area contributed by atoms with Gasteiger partial charge >= 0.3 is 11.9 Å². The van der Waals surface area contributed by atoms with Gasteiger partial charge < -0.3 is 63.8 Å². The Kier molecular flexibility index (Phi) is 19.1. The van der Waals surface area contributed by atoms with Crippen LogP contribution in [0.25, 0.3) is 0 Å². The lowest BCUT2D eigenvalue weighted by Crippen LogP contribution is -2.61. The van der Waals surface area contributed by atoms with Crippen LogP contribution in [0.2, 0.25) is 0 Å². The molecule has 0 spiro atoms. The molecule has 0 aromatic rings. The molecule has 16 nitrogen and oxygen atoms in total. The fourth-order valence-corrected chi connectivity index (χ4v) is 9.68. The van der Waals surface area contributed by atoms with E-state index in [0.29, 0.717) is 19.5 Å². The molecule has 16 heteroatoms. The second-order valence-electron chi connectivity index (χ2n) is 20.6. The number of nitrogens with one attached hydrogen (secondary N) is 1. The lowest BCUT2D eigenvalue weighted by molar-refractivity contribution is -0.318. The Morgan fingerprint density at radius 3 is 2.16 bits per heavy atom. The number of hydrogen-bond donors (Lipinski definition) is 5. The van der Waals surface area contributed by atoms with Crippen molar-refractivity contribution in [2.24, 2.45) is 17.8 Å². The van der Waals surface area contributed by atoms with E-state index in [1.807, 2.05) is 79.4 Å². The SMILES string of the molecule is CC[C@@H]1OC(=O)[C@H](C)[C@@H](O[C@H]2C[C@@](C)(OC)[C@@H](O)[C@H](C)O2)[C@H](C)[C@@H](O[C@@H]2O[C@H](C)C[C@H](N(C)C)[C@H]2O)[C@@](C)(O)C[C@@H](C)CN(C)[C@@H](C)[C@@H](OC(=O)CCNC(C)(C)C)[C@]1(C)O. The summed E-state index contributed by atoms with van der Waals surface area (Å²) in [5.41, 5.74) is -4.72. The van der Waals surface area contributed by atoms with Crippen LogP contribution < -0.4 is 5.32 Å². The summed E-state index contributed by atoms with van der Waals surface area (Å²) in [6.07, 6.45) is -8.39. The predicted molar refractivity (Wildman–Crippen MR) is 230 cm³/mol. The molecule has 0 aliphatic carbocycles. The third-order valence-electron chi connectivity index (χ3n) is 13.4. The highest BCUT2D eigenvalue weighted by Gasteiger charge is 2.53. The van der Waals surface area contributed by atoms with E-state index >= 15 is 0 Å². The number of methoxy groups -OCH3 is 1. The number of cyclic esters (lactones) is 1. The van der Waals surface area contributed by atoms with Crippen LogP contribution >= 0.6 is 0 Å². The number of rotatable bonds is 11. The van der Waals surface area contributed by atoms with Crippen molar-refractivity contribution < 1.29 is 63.2 Å². The standard InChI is InChI=1S/C45H85N3O13/c1-18-32-45(13,54)39(59-33(49)19-20-46-42(8,9)10)29(6)48(16)24-25(2)22-43(11,53)38(61-41-35(50)31(47(14)15)21-26(3)56-41)27(4)36(28(5)40(52)58-32)60-34-23-44(12,55-17)37(51)30(7)57-34/h25-32,34-39,41,46,50-51,53-54H,18-24H2,1-17H3/t25-,26-,27+,28-,29+,30+,31+,32+,34+,35-,36+,37+,38-,39-,41+,43+,44-,45-/m1/s1. The van der Waals surface area contributed by atoms with Crippen LogP contribution in [0.4, 0.5) is 0 Å². The molecule has 0 saturated carbocycles. The summed E-state index contributed by atoms with van der Waals surface area (Å²) >= 11 is 0. The summed E-state index contributed by atoms with van der Waals surface area (Å²) < 4.78 is 44.2. The molecule has 3 rings (SSSR count). The third-order valence-corrected chi connectivity index (χ3v) is 13.4. The van der Waals surface area contributed by atoms with E-state index < -0.39 is 102 Å². The van der Waals surface area contributed by atoms with Crippen molar-refractivity contribution in [2.45, 2.75) is 218 Å². The summed E-state index contributed by atoms with van der Waals surface area (Å²) in [5.74, 6) is -3.26. The Morgan fingerprint density at radius 2 is 1.61 bits per heavy atom. The van der Waals surface area contributed by atoms with Gasteiger partial charge in [0.1, 0.15) is 30.0 Å². The molecule has 3 aliphatic heterocycles. The number of hydrogen-bond acceptors (Lipinski definition) is 16. The van der Waals surface area contributed by atoms with Crippen molar-refractivity contribution in [1.82, 2.24) is 15.1 Å². The Labute approximate surface area is 366 Å². The van der Waals surface area contributed by atoms with Crippen LogP contribution in [-0.4, -0.2) is 179 Å². The number of likely N-dealkylation sites (N-methyl/N-ethyl adjacent to an activating group) is 2. The zero-order valence-electron chi connectivity index (χ0n) is 40.5. The molecule has 0 aromatic carbocycles. The van der Waals surface area contributed by atoms with Gasteiger partial charge in [-0.3, -0.25) is 14.5 Å². The number of ether oxygens (including phenoxy) is 7. The first-order valence-corrected chi connectivity index (χ1v) is 22.5. The summed E-state index contributed by atoms with van der Waals surface area (Å²) in [5, 5.41) is 51.2. The van der Waals surface area contributed by atoms with Crippen LogP contribution in [-0.2, 0) is 42.7 Å². The van der Waals surface area contributed by atoms with E-state index in [4.69, 9.17) is 33.2 Å². The fourth-order valence-electron chi connectivity index (χ4n) is 9.68. The first-order valence-electron chi connectivity index (χ1n) is 22.5. The fraction of sp³-hybridized carbons (Fsp3) is 0.956. The molecular weight excluding hydrogens is 791 g/mol. The number of carbonyl (C=O) groups excluding carboxylic acids is 2. The number of nitrogens with zero attached hydrogens (tertiary/aromatic N) is 2. The number of aliphatic hydroxyl groups is 4. The highest BCUT2D eigenvalue weighted by atomic mass is 16.7. The maximum Gasteiger partial charge on any atom is 0.311 e. The zero-order valence-corrected chi connectivity index (χ0v) is 40.5. The van der Waals surface area contributed by atoms with Crippen molar-refractivity contribution in [2.75, 3.05) is 41.3 Å². The zero-order chi connectivity index (χ0) is 46.6. The van der Waals surface area contributed by atoms with Gasteiger partial charge in [-0.25, -0.2) is 0 Å². The maximum absolute atomic E-state index is 14.6. The number of aliphatic hydroxyl groups excluding tert-OH is 2. The van der Waals surface area contributed by atoms with Crippen LogP contribution in [0.1, 0.15) is 122 Å². The van der Waals surface area contributed by atoms with E-state index in [1.165, 1.54) is 14.0 Å². The van der Waals surface area contributed by atoms with E-state index in [2.05, 4.69) is 5.32 Å². The first-order chi connectivity index (χ1) is 28.0. The van der Waals surface area contributed by atoms with E-state index in [-0.39, 0.29) is 49.3 Å². The summed E-state index contributed by atoms with van der Waals surface area (Å²) in [6, 6.07) is -0.859. The van der Waals surface area contributed by atoms with Crippen molar-refractivity contribution in [1.29, 1.82) is 0 Å². The van der Waals surface area contributed by atoms with Crippen molar-refractivity contribution >= 4 is 11.9 Å². The Morgan fingerprint density at radius 1 is 0.984 bits per heavy atom. The highest BCUT2D eigenvalue weighted by Crippen LogP contribution is 2.40. The molecule has 3 aliphatic rings. The minimum absolute atomic E-state index is 0.0555. The van der Waals surface area contributed by atoms with Crippen molar-refractivity contribution in [3.05, 3.63) is 0 Å². The van der Waals surface area contributed by atoms with Gasteiger partial charge in [0.25, 0.3) is 0 Å². The predicted octanol–water partition coefficient (Wildman–Crippen LogP) is 3.23. The van der Waals surface area contributed by atoms with Gasteiger partial charge in [0.05, 0.1) is 48.0 Å². The average molecular weight is 876 g/mol. The molecule has 5 N–H and O–H groups in total. The molecule has 61 heavy (non-hydrogen) atoms. The number of esters is 2. The summed E-state index contributed by atoms with van der Waals surface area (Å²) in [4.78, 5) is 32.0. The molecule has 0 bridgehead atoms. The van der Waals surface area contributed by atoms with Crippen molar-refractivity contribution in [3.8, 4) is 0 Å². The van der Waals surface area contributed by atoms with E-state index in [9.17, 15) is 30.0 Å². The molecule has 0 aromatic heterocycles. The molecule has 0 amide bonds. The monoisotopic (exact) mass is 876 g/mol. The van der Waals surface area contributed by atoms with Gasteiger partial charge in [-0.2, -0.15) is 0 Å². The highest BCUT2D eigenvalue weighted by molar-refractivity contribution is 5.73. The van der Waals surface area contributed by atoms with Crippen LogP contribution in [0, 0.1) is 17.8 Å². The second kappa shape index (κ2) is 21.6. The lowest BCUT2D eigenvalue weighted by Gasteiger charge is -2.48.